The van der Waals surface area contributed by atoms with E-state index < -0.39 is 0 Å². The van der Waals surface area contributed by atoms with Crippen LogP contribution in [0.2, 0.25) is 0 Å². The smallest absolute Gasteiger partial charge is 0.118 e. The van der Waals surface area contributed by atoms with Crippen LogP contribution in [0.5, 0.6) is 5.75 Å². The van der Waals surface area contributed by atoms with Crippen LogP contribution in [0.1, 0.15) is 51.0 Å². The van der Waals surface area contributed by atoms with Gasteiger partial charge in [0.25, 0.3) is 0 Å². The van der Waals surface area contributed by atoms with Crippen molar-refractivity contribution in [1.29, 1.82) is 0 Å². The fraction of sp³-hybridized carbons (Fsp3) is 0.625. The number of unbranched alkanes of at least 4 members (excludes halogenated alkanes) is 4. The summed E-state index contributed by atoms with van der Waals surface area (Å²) in [6, 6.07) is 8.51. The molecule has 1 rings (SSSR count). The van der Waals surface area contributed by atoms with E-state index in [-0.39, 0.29) is 0 Å². The van der Waals surface area contributed by atoms with Gasteiger partial charge < -0.3 is 10.5 Å². The van der Waals surface area contributed by atoms with Crippen molar-refractivity contribution >= 4 is 0 Å². The van der Waals surface area contributed by atoms with Gasteiger partial charge in [-0.1, -0.05) is 51.2 Å². The molecule has 0 radical (unpaired) electrons. The molecular weight excluding hydrogens is 222 g/mol. The number of benzene rings is 1. The Labute approximate surface area is 112 Å². The number of hydrogen-bond donors (Lipinski definition) is 1. The fourth-order valence-corrected chi connectivity index (χ4v) is 2.18. The summed E-state index contributed by atoms with van der Waals surface area (Å²) < 4.78 is 5.15. The Balaban J connectivity index is 2.20. The molecule has 1 atom stereocenters. The lowest BCUT2D eigenvalue weighted by atomic mass is 10.0. The van der Waals surface area contributed by atoms with Crippen molar-refractivity contribution in [2.75, 3.05) is 7.11 Å². The molecule has 2 heteroatoms. The topological polar surface area (TPSA) is 35.2 Å². The molecule has 0 aromatic heterocycles. The van der Waals surface area contributed by atoms with Crippen molar-refractivity contribution < 1.29 is 4.74 Å². The van der Waals surface area contributed by atoms with Crippen molar-refractivity contribution in [2.45, 2.75) is 57.9 Å². The zero-order chi connectivity index (χ0) is 13.2. The van der Waals surface area contributed by atoms with Gasteiger partial charge in [0.05, 0.1) is 7.11 Å². The number of rotatable bonds is 9. The largest absolute Gasteiger partial charge is 0.497 e. The van der Waals surface area contributed by atoms with Gasteiger partial charge in [0.2, 0.25) is 0 Å². The summed E-state index contributed by atoms with van der Waals surface area (Å²) >= 11 is 0. The molecule has 0 saturated carbocycles. The molecule has 1 aromatic carbocycles. The van der Waals surface area contributed by atoms with E-state index in [2.05, 4.69) is 19.1 Å². The van der Waals surface area contributed by atoms with Crippen molar-refractivity contribution in [1.82, 2.24) is 0 Å². The highest BCUT2D eigenvalue weighted by Gasteiger charge is 2.04. The molecule has 2 N–H and O–H groups in total. The minimum atomic E-state index is 0.292. The normalized spacial score (nSPS) is 12.4. The maximum Gasteiger partial charge on any atom is 0.118 e. The van der Waals surface area contributed by atoms with Crippen LogP contribution in [-0.4, -0.2) is 13.2 Å². The van der Waals surface area contributed by atoms with Crippen LogP contribution in [0.15, 0.2) is 24.3 Å². The van der Waals surface area contributed by atoms with Gasteiger partial charge in [-0.15, -0.1) is 0 Å². The number of hydrogen-bond acceptors (Lipinski definition) is 2. The van der Waals surface area contributed by atoms with Crippen LogP contribution in [0.4, 0.5) is 0 Å². The Morgan fingerprint density at radius 1 is 1.06 bits per heavy atom. The Kier molecular flexibility index (Phi) is 7.51. The van der Waals surface area contributed by atoms with Crippen molar-refractivity contribution in [3.8, 4) is 5.75 Å². The van der Waals surface area contributed by atoms with E-state index in [9.17, 15) is 0 Å². The third kappa shape index (κ3) is 6.06. The Hall–Kier alpha value is -1.02. The van der Waals surface area contributed by atoms with Crippen molar-refractivity contribution in [3.63, 3.8) is 0 Å². The van der Waals surface area contributed by atoms with Gasteiger partial charge in [0.1, 0.15) is 5.75 Å². The summed E-state index contributed by atoms with van der Waals surface area (Å²) in [5.41, 5.74) is 7.46. The van der Waals surface area contributed by atoms with Crippen molar-refractivity contribution in [2.24, 2.45) is 5.73 Å². The average Bonchev–Trinajstić information content (AvgIpc) is 2.39. The molecule has 0 amide bonds. The second-order valence-corrected chi connectivity index (χ2v) is 5.02. The Morgan fingerprint density at radius 3 is 2.33 bits per heavy atom. The minimum absolute atomic E-state index is 0.292. The lowest BCUT2D eigenvalue weighted by molar-refractivity contribution is 0.414. The van der Waals surface area contributed by atoms with E-state index in [1.807, 2.05) is 12.1 Å². The molecule has 0 saturated heterocycles. The standard InChI is InChI=1S/C16H27NO/c1-3-4-5-6-7-8-15(17)13-14-9-11-16(18-2)12-10-14/h9-12,15H,3-8,13,17H2,1-2H3. The molecule has 0 bridgehead atoms. The number of ether oxygens (including phenoxy) is 1. The second kappa shape index (κ2) is 8.98. The van der Waals surface area contributed by atoms with Gasteiger partial charge in [-0.2, -0.15) is 0 Å². The van der Waals surface area contributed by atoms with E-state index in [1.54, 1.807) is 7.11 Å². The summed E-state index contributed by atoms with van der Waals surface area (Å²) in [6.45, 7) is 2.25. The molecule has 0 heterocycles. The molecule has 0 spiro atoms. The summed E-state index contributed by atoms with van der Waals surface area (Å²) in [6.07, 6.45) is 8.70. The molecular formula is C16H27NO. The third-order valence-corrected chi connectivity index (χ3v) is 3.34. The van der Waals surface area contributed by atoms with Gasteiger partial charge in [-0.05, 0) is 30.5 Å². The lowest BCUT2D eigenvalue weighted by Gasteiger charge is -2.11. The van der Waals surface area contributed by atoms with E-state index in [0.717, 1.165) is 18.6 Å². The highest BCUT2D eigenvalue weighted by molar-refractivity contribution is 5.27. The molecule has 1 aromatic rings. The highest BCUT2D eigenvalue weighted by Crippen LogP contribution is 2.14. The molecule has 0 aliphatic carbocycles. The number of nitrogens with two attached hydrogens (primary N) is 1. The lowest BCUT2D eigenvalue weighted by Crippen LogP contribution is -2.22. The summed E-state index contributed by atoms with van der Waals surface area (Å²) in [4.78, 5) is 0. The third-order valence-electron chi connectivity index (χ3n) is 3.34. The first-order valence-corrected chi connectivity index (χ1v) is 7.14. The molecule has 0 aliphatic rings. The van der Waals surface area contributed by atoms with Gasteiger partial charge >= 0.3 is 0 Å². The van der Waals surface area contributed by atoms with Crippen LogP contribution in [0.25, 0.3) is 0 Å². The number of methoxy groups -OCH3 is 1. The minimum Gasteiger partial charge on any atom is -0.497 e. The average molecular weight is 249 g/mol. The van der Waals surface area contributed by atoms with E-state index in [4.69, 9.17) is 10.5 Å². The van der Waals surface area contributed by atoms with Crippen LogP contribution in [0.3, 0.4) is 0 Å². The SMILES string of the molecule is CCCCCCCC(N)Cc1ccc(OC)cc1. The zero-order valence-corrected chi connectivity index (χ0v) is 11.8. The predicted molar refractivity (Wildman–Crippen MR) is 78.0 cm³/mol. The Bertz CT molecular complexity index is 307. The van der Waals surface area contributed by atoms with Gasteiger partial charge in [-0.25, -0.2) is 0 Å². The highest BCUT2D eigenvalue weighted by atomic mass is 16.5. The van der Waals surface area contributed by atoms with E-state index >= 15 is 0 Å². The van der Waals surface area contributed by atoms with E-state index in [1.165, 1.54) is 37.7 Å². The van der Waals surface area contributed by atoms with Crippen LogP contribution in [-0.2, 0) is 6.42 Å². The van der Waals surface area contributed by atoms with Crippen molar-refractivity contribution in [3.05, 3.63) is 29.8 Å². The van der Waals surface area contributed by atoms with Gasteiger partial charge in [0.15, 0.2) is 0 Å². The van der Waals surface area contributed by atoms with E-state index in [0.29, 0.717) is 6.04 Å². The molecule has 0 fully saturated rings. The molecule has 2 nitrogen and oxygen atoms in total. The fourth-order valence-electron chi connectivity index (χ4n) is 2.18. The molecule has 0 aliphatic heterocycles. The van der Waals surface area contributed by atoms with Gasteiger partial charge in [0, 0.05) is 6.04 Å². The summed E-state index contributed by atoms with van der Waals surface area (Å²) in [7, 11) is 1.69. The van der Waals surface area contributed by atoms with Crippen LogP contribution in [0, 0.1) is 0 Å². The van der Waals surface area contributed by atoms with Crippen LogP contribution < -0.4 is 10.5 Å². The second-order valence-electron chi connectivity index (χ2n) is 5.02. The van der Waals surface area contributed by atoms with Crippen LogP contribution >= 0.6 is 0 Å². The zero-order valence-electron chi connectivity index (χ0n) is 11.8. The molecule has 102 valence electrons. The summed E-state index contributed by atoms with van der Waals surface area (Å²) in [5.74, 6) is 0.909. The molecule has 1 unspecified atom stereocenters. The maximum absolute atomic E-state index is 6.16. The molecule has 18 heavy (non-hydrogen) atoms. The monoisotopic (exact) mass is 249 g/mol. The quantitative estimate of drug-likeness (QED) is 0.673. The summed E-state index contributed by atoms with van der Waals surface area (Å²) in [5, 5.41) is 0. The van der Waals surface area contributed by atoms with Gasteiger partial charge in [-0.3, -0.25) is 0 Å². The maximum atomic E-state index is 6.16. The predicted octanol–water partition coefficient (Wildman–Crippen LogP) is 3.93. The first-order chi connectivity index (χ1) is 8.76. The first-order valence-electron chi connectivity index (χ1n) is 7.14. The first kappa shape index (κ1) is 15.0. The Morgan fingerprint density at radius 2 is 1.72 bits per heavy atom.